The Morgan fingerprint density at radius 2 is 2.33 bits per heavy atom. The highest BCUT2D eigenvalue weighted by Gasteiger charge is 2.07. The number of nitrogens with one attached hydrogen (secondary N) is 2. The van der Waals surface area contributed by atoms with Crippen LogP contribution in [0.3, 0.4) is 0 Å². The van der Waals surface area contributed by atoms with Gasteiger partial charge in [-0.1, -0.05) is 0 Å². The van der Waals surface area contributed by atoms with Gasteiger partial charge in [0.15, 0.2) is 5.82 Å². The highest BCUT2D eigenvalue weighted by atomic mass is 16.1. The van der Waals surface area contributed by atoms with Crippen LogP contribution in [0.15, 0.2) is 12.3 Å². The van der Waals surface area contributed by atoms with Gasteiger partial charge in [0.05, 0.1) is 11.3 Å². The second-order valence-corrected chi connectivity index (χ2v) is 4.13. The number of rotatable bonds is 5. The fraction of sp³-hybridized carbons (Fsp3) is 0.417. The molecule has 1 aromatic heterocycles. The molecule has 1 heterocycles. The van der Waals surface area contributed by atoms with Gasteiger partial charge in [-0.3, -0.25) is 4.79 Å². The van der Waals surface area contributed by atoms with Crippen molar-refractivity contribution >= 4 is 17.4 Å². The summed E-state index contributed by atoms with van der Waals surface area (Å²) in [6, 6.07) is 3.65. The maximum atomic E-state index is 11.4. The minimum atomic E-state index is -0.0347. The van der Waals surface area contributed by atoms with Crippen LogP contribution < -0.4 is 16.4 Å². The molecule has 96 valence electrons. The van der Waals surface area contributed by atoms with Gasteiger partial charge in [-0.05, 0) is 19.9 Å². The number of nitriles is 1. The van der Waals surface area contributed by atoms with Crippen LogP contribution in [0.25, 0.3) is 0 Å². The van der Waals surface area contributed by atoms with Crippen molar-refractivity contribution in [2.24, 2.45) is 0 Å². The topological polar surface area (TPSA) is 104 Å². The van der Waals surface area contributed by atoms with Crippen LogP contribution in [-0.2, 0) is 4.79 Å². The molecule has 1 rings (SSSR count). The zero-order valence-corrected chi connectivity index (χ0v) is 10.5. The SMILES string of the molecule is CC(C)NC(=O)CCNc1nccc(C#N)c1N. The number of nitrogen functional groups attached to an aromatic ring is 1. The molecule has 0 spiro atoms. The molecule has 1 amide bonds. The molecule has 0 fully saturated rings. The minimum absolute atomic E-state index is 0.0347. The van der Waals surface area contributed by atoms with Crippen molar-refractivity contribution in [1.82, 2.24) is 10.3 Å². The molecule has 0 radical (unpaired) electrons. The van der Waals surface area contributed by atoms with E-state index in [9.17, 15) is 4.79 Å². The zero-order valence-electron chi connectivity index (χ0n) is 10.5. The lowest BCUT2D eigenvalue weighted by Crippen LogP contribution is -2.31. The number of carbonyl (C=O) groups is 1. The monoisotopic (exact) mass is 247 g/mol. The highest BCUT2D eigenvalue weighted by molar-refractivity contribution is 5.77. The van der Waals surface area contributed by atoms with Crippen LogP contribution in [0.5, 0.6) is 0 Å². The van der Waals surface area contributed by atoms with Gasteiger partial charge in [-0.25, -0.2) is 4.98 Å². The van der Waals surface area contributed by atoms with E-state index in [1.165, 1.54) is 6.20 Å². The lowest BCUT2D eigenvalue weighted by molar-refractivity contribution is -0.121. The van der Waals surface area contributed by atoms with Gasteiger partial charge in [0.1, 0.15) is 6.07 Å². The van der Waals surface area contributed by atoms with E-state index in [-0.39, 0.29) is 11.9 Å². The van der Waals surface area contributed by atoms with Crippen molar-refractivity contribution < 1.29 is 4.79 Å². The third-order valence-corrected chi connectivity index (χ3v) is 2.20. The number of hydrogen-bond acceptors (Lipinski definition) is 5. The van der Waals surface area contributed by atoms with Gasteiger partial charge >= 0.3 is 0 Å². The molecule has 0 unspecified atom stereocenters. The molecule has 18 heavy (non-hydrogen) atoms. The van der Waals surface area contributed by atoms with Gasteiger partial charge in [0.2, 0.25) is 5.91 Å². The fourth-order valence-electron chi connectivity index (χ4n) is 1.40. The Hall–Kier alpha value is -2.29. The Kier molecular flexibility index (Phi) is 4.93. The summed E-state index contributed by atoms with van der Waals surface area (Å²) >= 11 is 0. The van der Waals surface area contributed by atoms with E-state index in [4.69, 9.17) is 11.0 Å². The molecular formula is C12H17N5O. The predicted octanol–water partition coefficient (Wildman–Crippen LogP) is 0.862. The average molecular weight is 247 g/mol. The molecule has 1 aromatic rings. The number of nitrogens with zero attached hydrogens (tertiary/aromatic N) is 2. The van der Waals surface area contributed by atoms with E-state index in [1.54, 1.807) is 6.07 Å². The summed E-state index contributed by atoms with van der Waals surface area (Å²) in [5, 5.41) is 14.5. The number of aromatic nitrogens is 1. The number of pyridine rings is 1. The first-order chi connectivity index (χ1) is 8.54. The van der Waals surface area contributed by atoms with Crippen LogP contribution in [0.1, 0.15) is 25.8 Å². The van der Waals surface area contributed by atoms with Gasteiger partial charge in [-0.15, -0.1) is 0 Å². The first-order valence-electron chi connectivity index (χ1n) is 5.72. The molecule has 0 aliphatic heterocycles. The Morgan fingerprint density at radius 3 is 2.94 bits per heavy atom. The molecule has 4 N–H and O–H groups in total. The lowest BCUT2D eigenvalue weighted by atomic mass is 10.2. The minimum Gasteiger partial charge on any atom is -0.395 e. The van der Waals surface area contributed by atoms with E-state index < -0.39 is 0 Å². The van der Waals surface area contributed by atoms with Gasteiger partial charge in [0, 0.05) is 25.2 Å². The summed E-state index contributed by atoms with van der Waals surface area (Å²) in [5.74, 6) is 0.402. The van der Waals surface area contributed by atoms with Crippen LogP contribution in [-0.4, -0.2) is 23.5 Å². The summed E-state index contributed by atoms with van der Waals surface area (Å²) < 4.78 is 0. The molecule has 0 saturated heterocycles. The smallest absolute Gasteiger partial charge is 0.221 e. The summed E-state index contributed by atoms with van der Waals surface area (Å²) in [6.45, 7) is 4.23. The maximum absolute atomic E-state index is 11.4. The average Bonchev–Trinajstić information content (AvgIpc) is 2.30. The Balaban J connectivity index is 2.50. The second-order valence-electron chi connectivity index (χ2n) is 4.13. The van der Waals surface area contributed by atoms with E-state index >= 15 is 0 Å². The number of amides is 1. The first kappa shape index (κ1) is 13.8. The third-order valence-electron chi connectivity index (χ3n) is 2.20. The van der Waals surface area contributed by atoms with Crippen molar-refractivity contribution in [3.8, 4) is 6.07 Å². The molecular weight excluding hydrogens is 230 g/mol. The van der Waals surface area contributed by atoms with Crippen molar-refractivity contribution in [3.63, 3.8) is 0 Å². The Bertz CT molecular complexity index is 464. The quantitative estimate of drug-likeness (QED) is 0.716. The summed E-state index contributed by atoms with van der Waals surface area (Å²) in [5.41, 5.74) is 6.43. The van der Waals surface area contributed by atoms with Crippen molar-refractivity contribution in [1.29, 1.82) is 5.26 Å². The van der Waals surface area contributed by atoms with E-state index in [0.717, 1.165) is 0 Å². The van der Waals surface area contributed by atoms with Crippen LogP contribution in [0, 0.1) is 11.3 Å². The van der Waals surface area contributed by atoms with Gasteiger partial charge in [-0.2, -0.15) is 5.26 Å². The number of hydrogen-bond donors (Lipinski definition) is 3. The van der Waals surface area contributed by atoms with Gasteiger partial charge in [0.25, 0.3) is 0 Å². The Morgan fingerprint density at radius 1 is 1.61 bits per heavy atom. The number of nitrogens with two attached hydrogens (primary N) is 1. The molecule has 0 atom stereocenters. The van der Waals surface area contributed by atoms with E-state index in [1.807, 2.05) is 19.9 Å². The lowest BCUT2D eigenvalue weighted by Gasteiger charge is -2.10. The predicted molar refractivity (Wildman–Crippen MR) is 69.7 cm³/mol. The van der Waals surface area contributed by atoms with Crippen molar-refractivity contribution in [2.75, 3.05) is 17.6 Å². The number of anilines is 2. The molecule has 0 aliphatic carbocycles. The Labute approximate surface area is 106 Å². The number of carbonyl (C=O) groups excluding carboxylic acids is 1. The van der Waals surface area contributed by atoms with E-state index in [0.29, 0.717) is 30.0 Å². The normalized spacial score (nSPS) is 9.89. The fourth-order valence-corrected chi connectivity index (χ4v) is 1.40. The largest absolute Gasteiger partial charge is 0.395 e. The molecule has 0 saturated carbocycles. The second kappa shape index (κ2) is 6.45. The molecule has 0 aliphatic rings. The molecule has 6 nitrogen and oxygen atoms in total. The zero-order chi connectivity index (χ0) is 13.5. The highest BCUT2D eigenvalue weighted by Crippen LogP contribution is 2.18. The summed E-state index contributed by atoms with van der Waals surface area (Å²) in [4.78, 5) is 15.4. The van der Waals surface area contributed by atoms with Crippen molar-refractivity contribution in [3.05, 3.63) is 17.8 Å². The molecule has 6 heteroatoms. The van der Waals surface area contributed by atoms with Crippen LogP contribution in [0.4, 0.5) is 11.5 Å². The van der Waals surface area contributed by atoms with Crippen LogP contribution in [0.2, 0.25) is 0 Å². The standard InChI is InChI=1S/C12H17N5O/c1-8(2)17-10(18)4-6-16-12-11(14)9(7-13)3-5-15-12/h3,5,8H,4,6,14H2,1-2H3,(H,15,16)(H,17,18). The first-order valence-corrected chi connectivity index (χ1v) is 5.72. The third kappa shape index (κ3) is 3.94. The summed E-state index contributed by atoms with van der Waals surface area (Å²) in [7, 11) is 0. The van der Waals surface area contributed by atoms with Gasteiger partial charge < -0.3 is 16.4 Å². The summed E-state index contributed by atoms with van der Waals surface area (Å²) in [6.07, 6.45) is 1.83. The molecule has 0 aromatic carbocycles. The maximum Gasteiger partial charge on any atom is 0.221 e. The van der Waals surface area contributed by atoms with Crippen molar-refractivity contribution in [2.45, 2.75) is 26.3 Å². The molecule has 0 bridgehead atoms. The van der Waals surface area contributed by atoms with E-state index in [2.05, 4.69) is 15.6 Å². The van der Waals surface area contributed by atoms with Crippen LogP contribution >= 0.6 is 0 Å².